The van der Waals surface area contributed by atoms with Crippen LogP contribution in [-0.4, -0.2) is 91.9 Å². The van der Waals surface area contributed by atoms with Crippen molar-refractivity contribution in [3.63, 3.8) is 0 Å². The molecule has 10 atom stereocenters. The zero-order chi connectivity index (χ0) is 28.6. The molecule has 9 aliphatic rings. The van der Waals surface area contributed by atoms with Crippen molar-refractivity contribution in [2.24, 2.45) is 22.7 Å². The van der Waals surface area contributed by atoms with Gasteiger partial charge in [0, 0.05) is 23.3 Å². The van der Waals surface area contributed by atoms with Crippen LogP contribution in [-0.2, 0) is 42.8 Å². The van der Waals surface area contributed by atoms with Gasteiger partial charge in [-0.25, -0.2) is 9.59 Å². The van der Waals surface area contributed by atoms with Crippen molar-refractivity contribution in [1.29, 1.82) is 0 Å². The third kappa shape index (κ3) is 2.84. The van der Waals surface area contributed by atoms with Gasteiger partial charge < -0.3 is 38.6 Å². The maximum absolute atomic E-state index is 14.1. The van der Waals surface area contributed by atoms with E-state index in [0.717, 1.165) is 11.1 Å². The second-order valence-electron chi connectivity index (χ2n) is 12.3. The summed E-state index contributed by atoms with van der Waals surface area (Å²) in [6, 6.07) is 0. The van der Waals surface area contributed by atoms with E-state index in [0.29, 0.717) is 35.1 Å². The third-order valence-corrected chi connectivity index (χ3v) is 11.0. The van der Waals surface area contributed by atoms with Gasteiger partial charge in [-0.05, 0) is 54.9 Å². The molecule has 0 amide bonds. The van der Waals surface area contributed by atoms with Crippen LogP contribution >= 0.6 is 0 Å². The minimum atomic E-state index is -1.81. The van der Waals surface area contributed by atoms with Crippen LogP contribution < -0.4 is 0 Å². The van der Waals surface area contributed by atoms with Crippen LogP contribution in [0.1, 0.15) is 33.1 Å². The molecule has 3 aliphatic carbocycles. The molecule has 0 aromatic heterocycles. The summed E-state index contributed by atoms with van der Waals surface area (Å²) in [6.07, 6.45) is -2.02. The molecule has 2 N–H and O–H groups in total. The lowest BCUT2D eigenvalue weighted by Gasteiger charge is -2.65. The number of rotatable bonds is 1. The molecule has 2 bridgehead atoms. The molecule has 11 nitrogen and oxygen atoms in total. The Morgan fingerprint density at radius 1 is 1.00 bits per heavy atom. The average Bonchev–Trinajstić information content (AvgIpc) is 2.95. The third-order valence-electron chi connectivity index (χ3n) is 11.0. The molecule has 6 aliphatic heterocycles. The fourth-order valence-corrected chi connectivity index (χ4v) is 9.67. The van der Waals surface area contributed by atoms with E-state index in [1.54, 1.807) is 6.92 Å². The molecule has 1 saturated heterocycles. The van der Waals surface area contributed by atoms with Crippen molar-refractivity contribution in [3.8, 4) is 0 Å². The first kappa shape index (κ1) is 25.8. The fraction of sp³-hybridized carbons (Fsp3) is 0.633. The Balaban J connectivity index is 1.45. The van der Waals surface area contributed by atoms with Crippen molar-refractivity contribution in [3.05, 3.63) is 45.1 Å². The Morgan fingerprint density at radius 3 is 2.54 bits per heavy atom. The van der Waals surface area contributed by atoms with E-state index >= 15 is 0 Å². The predicted octanol–water partition coefficient (Wildman–Crippen LogP) is 0.790. The molecule has 1 unspecified atom stereocenters. The highest BCUT2D eigenvalue weighted by Gasteiger charge is 2.73. The zero-order valence-electron chi connectivity index (χ0n) is 23.0. The molecule has 1 fully saturated rings. The predicted molar refractivity (Wildman–Crippen MR) is 135 cm³/mol. The lowest BCUT2D eigenvalue weighted by molar-refractivity contribution is -0.214. The SMILES string of the molecule is COC(=O)[C@]12C3=C([C@H](C)O[C@H]1[C@@H]1C4=C(C(=O)OCC4=C[C@@]45C6=C(C(=O)OCC6)[C@@H](C[C@@H]14)OC5C)[C@H]2O)[C@@H](O)OCC3. The monoisotopic (exact) mass is 568 g/mol. The molecule has 9 rings (SSSR count). The summed E-state index contributed by atoms with van der Waals surface area (Å²) >= 11 is 0. The van der Waals surface area contributed by atoms with E-state index < -0.39 is 59.4 Å². The highest BCUT2D eigenvalue weighted by atomic mass is 16.6. The van der Waals surface area contributed by atoms with E-state index in [2.05, 4.69) is 6.08 Å². The minimum absolute atomic E-state index is 0.00738. The smallest absolute Gasteiger partial charge is 0.337 e. The molecular formula is C30H32O11. The van der Waals surface area contributed by atoms with Gasteiger partial charge in [0.25, 0.3) is 0 Å². The molecule has 218 valence electrons. The summed E-state index contributed by atoms with van der Waals surface area (Å²) in [5.41, 5.74) is 1.25. The number of methoxy groups -OCH3 is 1. The Bertz CT molecular complexity index is 1440. The molecule has 1 spiro atoms. The standard InChI is InChI=1S/C30H32O11/c1-11-18-15(5-7-37-25(18)32)30(28(35)36-3)23(31)22-19-13(10-39-27(22)34)9-29-12(2)41-17(8-16(29)21(19)24(30)40-11)20-14(29)4-6-38-26(20)33/h9,11-12,16-17,21,23-25,31-32H,4-8,10H2,1-3H3/t11-,12?,16-,17+,21-,23+,24-,25-,29+,30-/m0/s1. The van der Waals surface area contributed by atoms with Gasteiger partial charge in [-0.15, -0.1) is 0 Å². The molecular weight excluding hydrogens is 536 g/mol. The lowest BCUT2D eigenvalue weighted by Crippen LogP contribution is -2.70. The number of aliphatic hydroxyl groups is 2. The van der Waals surface area contributed by atoms with Crippen molar-refractivity contribution in [1.82, 2.24) is 0 Å². The van der Waals surface area contributed by atoms with Gasteiger partial charge in [-0.3, -0.25) is 4.79 Å². The number of cyclic esters (lactones) is 2. The van der Waals surface area contributed by atoms with E-state index in [1.807, 2.05) is 6.92 Å². The highest BCUT2D eigenvalue weighted by Crippen LogP contribution is 2.69. The number of hydrogen-bond donors (Lipinski definition) is 2. The number of aliphatic hydroxyl groups excluding tert-OH is 2. The number of carbonyl (C=O) groups excluding carboxylic acids is 3. The van der Waals surface area contributed by atoms with E-state index in [9.17, 15) is 24.6 Å². The molecule has 11 heteroatoms. The first-order valence-electron chi connectivity index (χ1n) is 14.3. The fourth-order valence-electron chi connectivity index (χ4n) is 9.67. The van der Waals surface area contributed by atoms with Crippen LogP contribution in [0.15, 0.2) is 45.1 Å². The Morgan fingerprint density at radius 2 is 1.76 bits per heavy atom. The molecule has 0 aromatic carbocycles. The maximum Gasteiger partial charge on any atom is 0.337 e. The molecule has 0 saturated carbocycles. The van der Waals surface area contributed by atoms with Gasteiger partial charge >= 0.3 is 17.9 Å². The van der Waals surface area contributed by atoms with Gasteiger partial charge in [0.15, 0.2) is 6.29 Å². The van der Waals surface area contributed by atoms with Gasteiger partial charge in [0.2, 0.25) is 0 Å². The van der Waals surface area contributed by atoms with Crippen LogP contribution in [0, 0.1) is 22.7 Å². The molecule has 0 aromatic rings. The van der Waals surface area contributed by atoms with E-state index in [1.165, 1.54) is 7.11 Å². The molecule has 0 radical (unpaired) electrons. The number of ether oxygens (including phenoxy) is 6. The quantitative estimate of drug-likeness (QED) is 0.263. The zero-order valence-corrected chi connectivity index (χ0v) is 23.0. The molecule has 6 heterocycles. The Hall–Kier alpha value is -2.83. The first-order valence-corrected chi connectivity index (χ1v) is 14.3. The maximum atomic E-state index is 14.1. The summed E-state index contributed by atoms with van der Waals surface area (Å²) in [5.74, 6) is -2.55. The van der Waals surface area contributed by atoms with Crippen molar-refractivity contribution >= 4 is 17.9 Å². The minimum Gasteiger partial charge on any atom is -0.468 e. The normalized spacial score (nSPS) is 45.9. The highest BCUT2D eigenvalue weighted by molar-refractivity contribution is 5.98. The summed E-state index contributed by atoms with van der Waals surface area (Å²) in [7, 11) is 1.24. The van der Waals surface area contributed by atoms with Crippen LogP contribution in [0.3, 0.4) is 0 Å². The van der Waals surface area contributed by atoms with Crippen LogP contribution in [0.5, 0.6) is 0 Å². The first-order chi connectivity index (χ1) is 19.7. The van der Waals surface area contributed by atoms with Crippen molar-refractivity contribution < 1.29 is 53.0 Å². The topological polar surface area (TPSA) is 147 Å². The summed E-state index contributed by atoms with van der Waals surface area (Å²) in [6.45, 7) is 4.17. The van der Waals surface area contributed by atoms with Gasteiger partial charge in [-0.2, -0.15) is 0 Å². The summed E-state index contributed by atoms with van der Waals surface area (Å²) in [4.78, 5) is 40.6. The van der Waals surface area contributed by atoms with Gasteiger partial charge in [0.05, 0.1) is 55.9 Å². The summed E-state index contributed by atoms with van der Waals surface area (Å²) < 4.78 is 35.1. The van der Waals surface area contributed by atoms with Gasteiger partial charge in [0.1, 0.15) is 18.1 Å². The lowest BCUT2D eigenvalue weighted by atomic mass is 9.44. The van der Waals surface area contributed by atoms with Crippen LogP contribution in [0.4, 0.5) is 0 Å². The largest absolute Gasteiger partial charge is 0.468 e. The number of hydrogen-bond acceptors (Lipinski definition) is 11. The van der Waals surface area contributed by atoms with E-state index in [4.69, 9.17) is 28.4 Å². The Labute approximate surface area is 235 Å². The van der Waals surface area contributed by atoms with E-state index in [-0.39, 0.29) is 49.8 Å². The van der Waals surface area contributed by atoms with Gasteiger partial charge in [-0.1, -0.05) is 6.08 Å². The second kappa shape index (κ2) is 8.38. The second-order valence-corrected chi connectivity index (χ2v) is 12.3. The van der Waals surface area contributed by atoms with Crippen molar-refractivity contribution in [2.75, 3.05) is 26.9 Å². The number of fused-ring (bicyclic) bond motifs is 4. The summed E-state index contributed by atoms with van der Waals surface area (Å²) in [5, 5.41) is 23.0. The molecule has 41 heavy (non-hydrogen) atoms. The van der Waals surface area contributed by atoms with Crippen LogP contribution in [0.2, 0.25) is 0 Å². The number of carbonyl (C=O) groups is 3. The Kier molecular flexibility index (Phi) is 5.28. The van der Waals surface area contributed by atoms with Crippen molar-refractivity contribution in [2.45, 2.75) is 69.9 Å². The number of esters is 3. The average molecular weight is 569 g/mol. The van der Waals surface area contributed by atoms with Crippen LogP contribution in [0.25, 0.3) is 0 Å².